The van der Waals surface area contributed by atoms with Gasteiger partial charge in [-0.15, -0.1) is 12.6 Å². The van der Waals surface area contributed by atoms with Crippen LogP contribution in [0.2, 0.25) is 0 Å². The molecule has 2 rings (SSSR count). The van der Waals surface area contributed by atoms with E-state index < -0.39 is 0 Å². The molecule has 1 N–H and O–H groups in total. The first-order chi connectivity index (χ1) is 5.81. The summed E-state index contributed by atoms with van der Waals surface area (Å²) in [6.07, 6.45) is 3.50. The maximum Gasteiger partial charge on any atom is 0.190 e. The number of hydrogen-bond acceptors (Lipinski definition) is 5. The van der Waals surface area contributed by atoms with Crippen LogP contribution in [0.1, 0.15) is 0 Å². The number of imidazole rings is 1. The minimum atomic E-state index is 0. The molecule has 14 heavy (non-hydrogen) atoms. The van der Waals surface area contributed by atoms with Gasteiger partial charge in [-0.2, -0.15) is 0 Å². The smallest absolute Gasteiger partial charge is 0.190 e. The van der Waals surface area contributed by atoms with Gasteiger partial charge in [-0.3, -0.25) is 0 Å². The number of thiol groups is 1. The molecular formula is C6H6N4Na2S2. The van der Waals surface area contributed by atoms with E-state index in [1.165, 1.54) is 11.8 Å². The minimum absolute atomic E-state index is 0. The normalized spacial score (nSPS) is 9.29. The second kappa shape index (κ2) is 6.75. The maximum absolute atomic E-state index is 4.20. The molecule has 0 unspecified atom stereocenters. The molecule has 2 radical (unpaired) electrons. The average molecular weight is 244 g/mol. The van der Waals surface area contributed by atoms with Gasteiger partial charge in [0.1, 0.15) is 10.5 Å². The van der Waals surface area contributed by atoms with Gasteiger partial charge in [-0.1, -0.05) is 11.8 Å². The van der Waals surface area contributed by atoms with Crippen LogP contribution >= 0.6 is 24.4 Å². The Morgan fingerprint density at radius 2 is 2.07 bits per heavy atom. The number of rotatable bonds is 1. The summed E-state index contributed by atoms with van der Waals surface area (Å²) in [6.45, 7) is 0. The van der Waals surface area contributed by atoms with Crippen LogP contribution in [0.4, 0.5) is 0 Å². The number of aromatic nitrogens is 4. The van der Waals surface area contributed by atoms with E-state index >= 15 is 0 Å². The van der Waals surface area contributed by atoms with Crippen molar-refractivity contribution in [3.05, 3.63) is 6.33 Å². The molecule has 0 fully saturated rings. The first-order valence-corrected chi connectivity index (χ1v) is 4.92. The van der Waals surface area contributed by atoms with Gasteiger partial charge in [0.25, 0.3) is 0 Å². The molecule has 0 aliphatic heterocycles. The number of H-pyrrole nitrogens is 1. The summed E-state index contributed by atoms with van der Waals surface area (Å²) in [5, 5.41) is 1.33. The number of fused-ring (bicyclic) bond motifs is 1. The van der Waals surface area contributed by atoms with Crippen LogP contribution in [0.5, 0.6) is 0 Å². The molecule has 64 valence electrons. The van der Waals surface area contributed by atoms with Crippen LogP contribution in [0, 0.1) is 0 Å². The largest absolute Gasteiger partial charge is 0.341 e. The summed E-state index contributed by atoms with van der Waals surface area (Å²) in [5.74, 6) is 0. The zero-order valence-corrected chi connectivity index (χ0v) is 14.0. The standard InChI is InChI=1S/C6H6N4S2.2Na/c1-12-6-9-4-3(5(11)10-6)7-2-8-4;;/h2H,1H3,(H2,7,8,9,10,11);;. The topological polar surface area (TPSA) is 54.5 Å². The first kappa shape index (κ1) is 15.2. The van der Waals surface area contributed by atoms with Crippen molar-refractivity contribution in [3.63, 3.8) is 0 Å². The molecule has 4 nitrogen and oxygen atoms in total. The van der Waals surface area contributed by atoms with Crippen LogP contribution in [0.25, 0.3) is 11.2 Å². The van der Waals surface area contributed by atoms with E-state index in [9.17, 15) is 0 Å². The van der Waals surface area contributed by atoms with Crippen molar-refractivity contribution in [2.45, 2.75) is 10.2 Å². The van der Waals surface area contributed by atoms with Crippen molar-refractivity contribution in [3.8, 4) is 0 Å². The Labute approximate surface area is 135 Å². The SMILES string of the molecule is CSc1nc(S)c2[nH]cnc2n1.[Na].[Na]. The Morgan fingerprint density at radius 3 is 2.71 bits per heavy atom. The van der Waals surface area contributed by atoms with E-state index in [2.05, 4.69) is 32.6 Å². The van der Waals surface area contributed by atoms with E-state index in [-0.39, 0.29) is 59.1 Å². The van der Waals surface area contributed by atoms with Crippen LogP contribution < -0.4 is 0 Å². The average Bonchev–Trinajstić information content (AvgIpc) is 2.52. The molecule has 0 aliphatic carbocycles. The first-order valence-electron chi connectivity index (χ1n) is 3.25. The predicted molar refractivity (Wildman–Crippen MR) is 62.2 cm³/mol. The van der Waals surface area contributed by atoms with Gasteiger partial charge in [-0.25, -0.2) is 15.0 Å². The van der Waals surface area contributed by atoms with Crippen molar-refractivity contribution >= 4 is 94.7 Å². The quantitative estimate of drug-likeness (QED) is 0.254. The summed E-state index contributed by atoms with van der Waals surface area (Å²) < 4.78 is 0. The Morgan fingerprint density at radius 1 is 1.36 bits per heavy atom. The maximum atomic E-state index is 4.20. The van der Waals surface area contributed by atoms with Crippen molar-refractivity contribution in [1.82, 2.24) is 19.9 Å². The van der Waals surface area contributed by atoms with Gasteiger partial charge in [0, 0.05) is 59.1 Å². The monoisotopic (exact) mass is 244 g/mol. The van der Waals surface area contributed by atoms with Crippen LogP contribution in [0.3, 0.4) is 0 Å². The second-order valence-corrected chi connectivity index (χ2v) is 3.33. The van der Waals surface area contributed by atoms with Crippen LogP contribution in [-0.2, 0) is 0 Å². The summed E-state index contributed by atoms with van der Waals surface area (Å²) in [5.41, 5.74) is 1.45. The van der Waals surface area contributed by atoms with Gasteiger partial charge < -0.3 is 4.98 Å². The van der Waals surface area contributed by atoms with E-state index in [4.69, 9.17) is 0 Å². The van der Waals surface area contributed by atoms with Crippen LogP contribution in [-0.4, -0.2) is 85.3 Å². The minimum Gasteiger partial charge on any atom is -0.341 e. The van der Waals surface area contributed by atoms with Gasteiger partial charge in [0.2, 0.25) is 0 Å². The fourth-order valence-corrected chi connectivity index (χ4v) is 1.58. The number of hydrogen-bond donors (Lipinski definition) is 2. The van der Waals surface area contributed by atoms with Crippen molar-refractivity contribution in [1.29, 1.82) is 0 Å². The molecule has 2 aromatic rings. The molecule has 0 aromatic carbocycles. The number of thioether (sulfide) groups is 1. The number of nitrogens with one attached hydrogen (secondary N) is 1. The van der Waals surface area contributed by atoms with Crippen molar-refractivity contribution in [2.75, 3.05) is 6.26 Å². The summed E-state index contributed by atoms with van der Waals surface area (Å²) in [7, 11) is 0. The van der Waals surface area contributed by atoms with Gasteiger partial charge in [0.15, 0.2) is 10.8 Å². The molecule has 0 saturated carbocycles. The third-order valence-corrected chi connectivity index (χ3v) is 2.30. The molecule has 2 heterocycles. The Hall–Kier alpha value is 1.25. The molecule has 0 amide bonds. The Kier molecular flexibility index (Phi) is 7.35. The second-order valence-electron chi connectivity index (χ2n) is 2.14. The third-order valence-electron chi connectivity index (χ3n) is 1.43. The van der Waals surface area contributed by atoms with E-state index in [0.717, 1.165) is 5.52 Å². The van der Waals surface area contributed by atoms with Gasteiger partial charge in [-0.05, 0) is 6.26 Å². The number of aromatic amines is 1. The Bertz CT molecular complexity index is 419. The number of nitrogens with zero attached hydrogens (tertiary/aromatic N) is 3. The Balaban J connectivity index is 0.000000845. The van der Waals surface area contributed by atoms with Gasteiger partial charge >= 0.3 is 0 Å². The van der Waals surface area contributed by atoms with Crippen LogP contribution in [0.15, 0.2) is 16.5 Å². The molecule has 0 atom stereocenters. The summed E-state index contributed by atoms with van der Waals surface area (Å²) >= 11 is 5.68. The fraction of sp³-hybridized carbons (Fsp3) is 0.167. The van der Waals surface area contributed by atoms with E-state index in [1.54, 1.807) is 6.33 Å². The predicted octanol–water partition coefficient (Wildman–Crippen LogP) is 0.602. The molecular weight excluding hydrogens is 238 g/mol. The molecule has 2 aromatic heterocycles. The molecule has 8 heteroatoms. The summed E-state index contributed by atoms with van der Waals surface area (Å²) in [4.78, 5) is 15.2. The van der Waals surface area contributed by atoms with Crippen molar-refractivity contribution < 1.29 is 0 Å². The zero-order chi connectivity index (χ0) is 8.55. The fourth-order valence-electron chi connectivity index (χ4n) is 0.890. The third kappa shape index (κ3) is 3.12. The van der Waals surface area contributed by atoms with Gasteiger partial charge in [0.05, 0.1) is 6.33 Å². The van der Waals surface area contributed by atoms with Crippen molar-refractivity contribution in [2.24, 2.45) is 0 Å². The zero-order valence-electron chi connectivity index (χ0n) is 8.27. The molecule has 0 saturated heterocycles. The molecule has 0 spiro atoms. The molecule has 0 aliphatic rings. The van der Waals surface area contributed by atoms with E-state index in [1.807, 2.05) is 6.26 Å². The molecule has 0 bridgehead atoms. The summed E-state index contributed by atoms with van der Waals surface area (Å²) in [6, 6.07) is 0. The van der Waals surface area contributed by atoms with E-state index in [0.29, 0.717) is 15.8 Å².